The summed E-state index contributed by atoms with van der Waals surface area (Å²) < 4.78 is 76.0. The Morgan fingerprint density at radius 2 is 1.78 bits per heavy atom. The summed E-state index contributed by atoms with van der Waals surface area (Å²) in [6.45, 7) is 1.51. The van der Waals surface area contributed by atoms with Gasteiger partial charge in [-0.25, -0.2) is 17.1 Å². The van der Waals surface area contributed by atoms with Crippen molar-refractivity contribution in [3.8, 4) is 0 Å². The van der Waals surface area contributed by atoms with Crippen LogP contribution in [-0.4, -0.2) is 57.1 Å². The third kappa shape index (κ3) is 7.07. The molecule has 1 saturated carbocycles. The number of halogens is 4. The van der Waals surface area contributed by atoms with Crippen LogP contribution in [0.2, 0.25) is 0 Å². The van der Waals surface area contributed by atoms with E-state index in [1.165, 1.54) is 26.2 Å². The topological polar surface area (TPSA) is 86.8 Å². The van der Waals surface area contributed by atoms with Crippen molar-refractivity contribution in [1.29, 1.82) is 0 Å². The van der Waals surface area contributed by atoms with Crippen molar-refractivity contribution < 1.29 is 37.0 Å². The lowest BCUT2D eigenvalue weighted by molar-refractivity contribution is -0.137. The number of sulfonamides is 1. The molecule has 2 fully saturated rings. The number of amides is 2. The molecule has 1 N–H and O–H groups in total. The van der Waals surface area contributed by atoms with E-state index in [0.29, 0.717) is 18.0 Å². The highest BCUT2D eigenvalue weighted by Gasteiger charge is 2.36. The molecule has 1 atom stereocenters. The van der Waals surface area contributed by atoms with Crippen molar-refractivity contribution in [1.82, 2.24) is 14.5 Å². The highest BCUT2D eigenvalue weighted by molar-refractivity contribution is 7.89. The van der Waals surface area contributed by atoms with Gasteiger partial charge in [0.05, 0.1) is 16.5 Å². The summed E-state index contributed by atoms with van der Waals surface area (Å²) in [7, 11) is -0.541. The lowest BCUT2D eigenvalue weighted by Gasteiger charge is -2.17. The minimum absolute atomic E-state index is 0. The second-order valence-corrected chi connectivity index (χ2v) is 11.3. The molecule has 2 amide bonds. The summed E-state index contributed by atoms with van der Waals surface area (Å²) in [4.78, 5) is 24.6. The van der Waals surface area contributed by atoms with Crippen LogP contribution in [0.3, 0.4) is 0 Å². The highest BCUT2D eigenvalue weighted by Crippen LogP contribution is 2.42. The lowest BCUT2D eigenvalue weighted by atomic mass is 10.00. The number of hydrogen-bond acceptors (Lipinski definition) is 4. The number of rotatable bonds is 7. The fourth-order valence-corrected chi connectivity index (χ4v) is 4.99. The number of likely N-dealkylation sites (tertiary alicyclic amines) is 1. The molecular weight excluding hydrogens is 514 g/mol. The second-order valence-electron chi connectivity index (χ2n) is 9.15. The van der Waals surface area contributed by atoms with E-state index >= 15 is 0 Å². The van der Waals surface area contributed by atoms with Gasteiger partial charge in [0.25, 0.3) is 5.91 Å². The van der Waals surface area contributed by atoms with Gasteiger partial charge >= 0.3 is 6.18 Å². The Morgan fingerprint density at radius 1 is 1.14 bits per heavy atom. The van der Waals surface area contributed by atoms with Gasteiger partial charge in [-0.15, -0.1) is 0 Å². The van der Waals surface area contributed by atoms with E-state index in [-0.39, 0.29) is 23.7 Å². The summed E-state index contributed by atoms with van der Waals surface area (Å²) >= 11 is 0. The van der Waals surface area contributed by atoms with Crippen LogP contribution in [0.25, 0.3) is 0 Å². The van der Waals surface area contributed by atoms with Crippen LogP contribution in [0.15, 0.2) is 47.4 Å². The average molecular weight is 546 g/mol. The molecule has 0 spiro atoms. The zero-order chi connectivity index (χ0) is 27.4. The quantitative estimate of drug-likeness (QED) is 0.411. The summed E-state index contributed by atoms with van der Waals surface area (Å²) in [5.74, 6) is -0.911. The Hall–Kier alpha value is -2.99. The van der Waals surface area contributed by atoms with Crippen molar-refractivity contribution in [3.05, 3.63) is 65.0 Å². The Morgan fingerprint density at radius 3 is 2.30 bits per heavy atom. The summed E-state index contributed by atoms with van der Waals surface area (Å²) in [5.41, 5.74) is -0.480. The van der Waals surface area contributed by atoms with E-state index in [1.807, 2.05) is 0 Å². The standard InChI is InChI=1S/C13H18N2O3S.C12H11F4NO.H2/c1-14(2)19(17,18)12-7-5-6-11(10-12)13(16)15-8-3-4-9-15;13-10-5-8(12(14,15)16)3-4-9(10)11(17-6-18)7-1-2-7;/h5-7,10H,3-4,8-9H2,1-2H3;3-7,11H,1-2H2,(H,17,18);1H/t;11-;/m.1./s1. The fraction of sp³-hybridized carbons (Fsp3) is 0.440. The Bertz CT molecular complexity index is 1230. The largest absolute Gasteiger partial charge is 0.416 e. The van der Waals surface area contributed by atoms with Crippen molar-refractivity contribution in [3.63, 3.8) is 0 Å². The molecule has 2 aliphatic rings. The molecule has 7 nitrogen and oxygen atoms in total. The molecule has 2 aromatic carbocycles. The number of nitrogens with one attached hydrogen (secondary N) is 1. The van der Waals surface area contributed by atoms with Crippen LogP contribution in [-0.2, 0) is 21.0 Å². The fourth-order valence-electron chi connectivity index (χ4n) is 4.04. The molecule has 1 aliphatic carbocycles. The molecule has 0 aromatic heterocycles. The summed E-state index contributed by atoms with van der Waals surface area (Å²) in [6.07, 6.45) is -0.409. The van der Waals surface area contributed by atoms with Crippen LogP contribution >= 0.6 is 0 Å². The van der Waals surface area contributed by atoms with Gasteiger partial charge in [0, 0.05) is 39.7 Å². The maximum atomic E-state index is 13.7. The first-order valence-electron chi connectivity index (χ1n) is 11.7. The first-order valence-corrected chi connectivity index (χ1v) is 13.2. The first kappa shape index (κ1) is 28.6. The van der Waals surface area contributed by atoms with Gasteiger partial charge in [0.15, 0.2) is 0 Å². The molecule has 12 heteroatoms. The number of carbonyl (C=O) groups excluding carboxylic acids is 2. The first-order chi connectivity index (χ1) is 17.4. The van der Waals surface area contributed by atoms with Gasteiger partial charge in [-0.3, -0.25) is 9.59 Å². The van der Waals surface area contributed by atoms with Crippen LogP contribution in [0.5, 0.6) is 0 Å². The Kier molecular flexibility index (Phi) is 8.96. The zero-order valence-electron chi connectivity index (χ0n) is 20.5. The SMILES string of the molecule is CN(C)S(=O)(=O)c1cccc(C(=O)N2CCCC2)c1.O=CN[C@@H](c1ccc(C(F)(F)F)cc1F)C1CC1.[HH]. The van der Waals surface area contributed by atoms with E-state index < -0.39 is 33.6 Å². The van der Waals surface area contributed by atoms with Crippen LogP contribution in [0.1, 0.15) is 54.6 Å². The number of benzene rings is 2. The van der Waals surface area contributed by atoms with E-state index in [0.717, 1.165) is 55.2 Å². The van der Waals surface area contributed by atoms with Gasteiger partial charge < -0.3 is 10.2 Å². The van der Waals surface area contributed by atoms with Gasteiger partial charge in [-0.05, 0) is 61.9 Å². The molecule has 1 heterocycles. The van der Waals surface area contributed by atoms with E-state index in [1.54, 1.807) is 17.0 Å². The van der Waals surface area contributed by atoms with Gasteiger partial charge in [0.1, 0.15) is 5.82 Å². The molecule has 2 aromatic rings. The molecule has 0 unspecified atom stereocenters. The van der Waals surface area contributed by atoms with Gasteiger partial charge in [-0.1, -0.05) is 12.1 Å². The highest BCUT2D eigenvalue weighted by atomic mass is 32.2. The number of hydrogen-bond donors (Lipinski definition) is 1. The van der Waals surface area contributed by atoms with Crippen LogP contribution < -0.4 is 5.32 Å². The Balaban J connectivity index is 0.000000260. The summed E-state index contributed by atoms with van der Waals surface area (Å²) in [5, 5.41) is 2.46. The third-order valence-corrected chi connectivity index (χ3v) is 8.07. The minimum Gasteiger partial charge on any atom is -0.351 e. The molecule has 4 rings (SSSR count). The van der Waals surface area contributed by atoms with Gasteiger partial charge in [-0.2, -0.15) is 13.2 Å². The number of carbonyl (C=O) groups is 2. The molecule has 0 bridgehead atoms. The molecule has 0 radical (unpaired) electrons. The lowest BCUT2D eigenvalue weighted by Crippen LogP contribution is -2.28. The normalized spacial score (nSPS) is 16.7. The monoisotopic (exact) mass is 545 g/mol. The minimum atomic E-state index is -4.56. The molecule has 1 aliphatic heterocycles. The van der Waals surface area contributed by atoms with Crippen LogP contribution in [0, 0.1) is 11.7 Å². The van der Waals surface area contributed by atoms with Crippen molar-refractivity contribution >= 4 is 22.3 Å². The van der Waals surface area contributed by atoms with Gasteiger partial charge in [0.2, 0.25) is 16.4 Å². The summed E-state index contributed by atoms with van der Waals surface area (Å²) in [6, 6.07) is 8.10. The number of nitrogens with zero attached hydrogens (tertiary/aromatic N) is 2. The smallest absolute Gasteiger partial charge is 0.351 e. The maximum absolute atomic E-state index is 13.7. The number of alkyl halides is 3. The van der Waals surface area contributed by atoms with E-state index in [2.05, 4.69) is 5.32 Å². The average Bonchev–Trinajstić information content (AvgIpc) is 3.54. The molecular formula is C25H31F4N3O4S. The molecule has 1 saturated heterocycles. The zero-order valence-corrected chi connectivity index (χ0v) is 21.3. The second kappa shape index (κ2) is 11.6. The van der Waals surface area contributed by atoms with Crippen molar-refractivity contribution in [2.24, 2.45) is 5.92 Å². The third-order valence-electron chi connectivity index (χ3n) is 6.26. The Labute approximate surface area is 215 Å². The van der Waals surface area contributed by atoms with E-state index in [9.17, 15) is 35.6 Å². The predicted molar refractivity (Wildman–Crippen MR) is 131 cm³/mol. The molecule has 204 valence electrons. The molecule has 37 heavy (non-hydrogen) atoms. The maximum Gasteiger partial charge on any atom is 0.416 e. The van der Waals surface area contributed by atoms with Crippen molar-refractivity contribution in [2.75, 3.05) is 27.2 Å². The van der Waals surface area contributed by atoms with Crippen LogP contribution in [0.4, 0.5) is 17.6 Å². The predicted octanol–water partition coefficient (Wildman–Crippen LogP) is 4.46. The van der Waals surface area contributed by atoms with Crippen molar-refractivity contribution in [2.45, 2.75) is 42.8 Å². The van der Waals surface area contributed by atoms with E-state index in [4.69, 9.17) is 0 Å².